The predicted molar refractivity (Wildman–Crippen MR) is 76.1 cm³/mol. The van der Waals surface area contributed by atoms with Gasteiger partial charge in [-0.3, -0.25) is 4.79 Å². The average molecular weight is 253 g/mol. The Balaban J connectivity index is 0.000000229. The van der Waals surface area contributed by atoms with E-state index >= 15 is 0 Å². The number of allylic oxidation sites excluding steroid dienone is 8. The Morgan fingerprint density at radius 2 is 1.35 bits per heavy atom. The van der Waals surface area contributed by atoms with Gasteiger partial charge < -0.3 is 0 Å². The summed E-state index contributed by atoms with van der Waals surface area (Å²) in [4.78, 5) is 10.0. The Bertz CT molecular complexity index is 267. The van der Waals surface area contributed by atoms with E-state index in [0.29, 0.717) is 12.3 Å². The maximum Gasteiger partial charge on any atom is 0.221 e. The second kappa shape index (κ2) is 11.4. The fourth-order valence-electron chi connectivity index (χ4n) is 1.11. The molecule has 0 spiro atoms. The largest absolute Gasteiger partial charge is 0.281 e. The molecule has 0 N–H and O–H groups in total. The van der Waals surface area contributed by atoms with Gasteiger partial charge in [0.2, 0.25) is 5.24 Å². The lowest BCUT2D eigenvalue weighted by Gasteiger charge is -1.93. The summed E-state index contributed by atoms with van der Waals surface area (Å²) in [5.74, 6) is 0.394. The van der Waals surface area contributed by atoms with E-state index in [-0.39, 0.29) is 5.24 Å². The van der Waals surface area contributed by atoms with Gasteiger partial charge in [0.15, 0.2) is 0 Å². The van der Waals surface area contributed by atoms with Crippen LogP contribution in [0.25, 0.3) is 0 Å². The Morgan fingerprint density at radius 3 is 1.41 bits per heavy atom. The van der Waals surface area contributed by atoms with Gasteiger partial charge in [-0.2, -0.15) is 0 Å². The van der Waals surface area contributed by atoms with Crippen LogP contribution in [0.2, 0.25) is 0 Å². The molecule has 0 bridgehead atoms. The number of carbonyl (C=O) groups excluding carboxylic acids is 1. The smallest absolute Gasteiger partial charge is 0.221 e. The van der Waals surface area contributed by atoms with Crippen molar-refractivity contribution in [1.82, 2.24) is 0 Å². The molecular weight excluding hydrogens is 232 g/mol. The first-order valence-corrected chi connectivity index (χ1v) is 6.32. The lowest BCUT2D eigenvalue weighted by atomic mass is 10.2. The third-order valence-electron chi connectivity index (χ3n) is 1.88. The van der Waals surface area contributed by atoms with Crippen molar-refractivity contribution < 1.29 is 4.79 Å². The second-order valence-corrected chi connectivity index (χ2v) is 4.56. The molecule has 0 fully saturated rings. The molecule has 17 heavy (non-hydrogen) atoms. The van der Waals surface area contributed by atoms with Crippen LogP contribution in [-0.2, 0) is 4.79 Å². The third-order valence-corrected chi connectivity index (χ3v) is 2.03. The zero-order valence-corrected chi connectivity index (χ0v) is 11.4. The van der Waals surface area contributed by atoms with Crippen LogP contribution in [0.5, 0.6) is 0 Å². The van der Waals surface area contributed by atoms with Crippen molar-refractivity contribution in [3.8, 4) is 0 Å². The Morgan fingerprint density at radius 1 is 1.00 bits per heavy atom. The van der Waals surface area contributed by atoms with Crippen molar-refractivity contribution in [1.29, 1.82) is 0 Å². The SMILES string of the molecule is C1=CCC=C1.C1=CCC=C1.CC(C)CC(=O)Cl. The van der Waals surface area contributed by atoms with Gasteiger partial charge >= 0.3 is 0 Å². The van der Waals surface area contributed by atoms with Crippen LogP contribution in [0.15, 0.2) is 48.6 Å². The summed E-state index contributed by atoms with van der Waals surface area (Å²) in [7, 11) is 0. The second-order valence-electron chi connectivity index (χ2n) is 4.14. The van der Waals surface area contributed by atoms with Gasteiger partial charge in [-0.25, -0.2) is 0 Å². The summed E-state index contributed by atoms with van der Waals surface area (Å²) in [5, 5.41) is -0.241. The number of rotatable bonds is 2. The molecule has 0 heterocycles. The van der Waals surface area contributed by atoms with E-state index in [1.54, 1.807) is 0 Å². The zero-order chi connectivity index (χ0) is 12.9. The standard InChI is InChI=1S/C5H9ClO.2C5H6/c1-4(2)3-5(6)7;2*1-2-4-5-3-1/h4H,3H2,1-2H3;2*1-4H,5H2. The van der Waals surface area contributed by atoms with Crippen molar-refractivity contribution in [2.24, 2.45) is 5.92 Å². The lowest BCUT2D eigenvalue weighted by Crippen LogP contribution is -1.92. The first kappa shape index (κ1) is 15.9. The van der Waals surface area contributed by atoms with Crippen LogP contribution in [0.1, 0.15) is 33.1 Å². The van der Waals surface area contributed by atoms with Crippen molar-refractivity contribution in [2.75, 3.05) is 0 Å². The molecule has 2 aliphatic rings. The minimum absolute atomic E-state index is 0.241. The lowest BCUT2D eigenvalue weighted by molar-refractivity contribution is -0.112. The zero-order valence-electron chi connectivity index (χ0n) is 10.6. The first-order valence-electron chi connectivity index (χ1n) is 5.94. The van der Waals surface area contributed by atoms with Gasteiger partial charge in [0.05, 0.1) is 0 Å². The first-order chi connectivity index (χ1) is 8.13. The molecule has 0 saturated carbocycles. The molecule has 2 heteroatoms. The van der Waals surface area contributed by atoms with E-state index in [9.17, 15) is 4.79 Å². The molecule has 0 aliphatic heterocycles. The summed E-state index contributed by atoms with van der Waals surface area (Å²) in [6.45, 7) is 3.92. The molecule has 1 nitrogen and oxygen atoms in total. The summed E-state index contributed by atoms with van der Waals surface area (Å²) in [6, 6.07) is 0. The molecule has 0 aromatic rings. The molecule has 0 unspecified atom stereocenters. The van der Waals surface area contributed by atoms with Gasteiger partial charge in [-0.15, -0.1) is 0 Å². The van der Waals surface area contributed by atoms with E-state index in [1.807, 2.05) is 13.8 Å². The van der Waals surface area contributed by atoms with Gasteiger partial charge in [0.25, 0.3) is 0 Å². The predicted octanol–water partition coefficient (Wildman–Crippen LogP) is 4.80. The fraction of sp³-hybridized carbons (Fsp3) is 0.400. The van der Waals surface area contributed by atoms with E-state index in [0.717, 1.165) is 12.8 Å². The average Bonchev–Trinajstić information content (AvgIpc) is 2.96. The highest BCUT2D eigenvalue weighted by molar-refractivity contribution is 6.63. The van der Waals surface area contributed by atoms with Crippen LogP contribution >= 0.6 is 11.6 Å². The van der Waals surface area contributed by atoms with Crippen LogP contribution in [0, 0.1) is 5.92 Å². The molecule has 0 aromatic carbocycles. The molecule has 94 valence electrons. The molecule has 2 aliphatic carbocycles. The topological polar surface area (TPSA) is 17.1 Å². The summed E-state index contributed by atoms with van der Waals surface area (Å²) in [6.07, 6.45) is 19.5. The molecule has 0 saturated heterocycles. The Kier molecular flexibility index (Phi) is 10.7. The van der Waals surface area contributed by atoms with Crippen molar-refractivity contribution in [3.05, 3.63) is 48.6 Å². The Hall–Kier alpha value is -1.08. The van der Waals surface area contributed by atoms with Crippen LogP contribution in [0.3, 0.4) is 0 Å². The van der Waals surface area contributed by atoms with Gasteiger partial charge in [0.1, 0.15) is 0 Å². The van der Waals surface area contributed by atoms with Crippen molar-refractivity contribution in [3.63, 3.8) is 0 Å². The van der Waals surface area contributed by atoms with E-state index in [4.69, 9.17) is 11.6 Å². The maximum atomic E-state index is 10.0. The summed E-state index contributed by atoms with van der Waals surface area (Å²) in [5.41, 5.74) is 0. The van der Waals surface area contributed by atoms with Crippen molar-refractivity contribution >= 4 is 16.8 Å². The quantitative estimate of drug-likeness (QED) is 0.645. The maximum absolute atomic E-state index is 10.0. The minimum Gasteiger partial charge on any atom is -0.281 e. The fourth-order valence-corrected chi connectivity index (χ4v) is 1.42. The molecule has 0 aromatic heterocycles. The van der Waals surface area contributed by atoms with Gasteiger partial charge in [0, 0.05) is 6.42 Å². The highest BCUT2D eigenvalue weighted by Crippen LogP contribution is 2.01. The minimum atomic E-state index is -0.241. The van der Waals surface area contributed by atoms with Gasteiger partial charge in [-0.05, 0) is 30.4 Å². The number of carbonyl (C=O) groups is 1. The number of hydrogen-bond donors (Lipinski definition) is 0. The summed E-state index contributed by atoms with van der Waals surface area (Å²) >= 11 is 5.03. The number of halogens is 1. The monoisotopic (exact) mass is 252 g/mol. The highest BCUT2D eigenvalue weighted by atomic mass is 35.5. The van der Waals surface area contributed by atoms with E-state index < -0.39 is 0 Å². The Labute approximate surface area is 110 Å². The number of hydrogen-bond acceptors (Lipinski definition) is 1. The van der Waals surface area contributed by atoms with Crippen LogP contribution in [0.4, 0.5) is 0 Å². The molecular formula is C15H21ClO. The summed E-state index contributed by atoms with van der Waals surface area (Å²) < 4.78 is 0. The third kappa shape index (κ3) is 14.9. The molecule has 0 atom stereocenters. The van der Waals surface area contributed by atoms with Crippen LogP contribution in [-0.4, -0.2) is 5.24 Å². The van der Waals surface area contributed by atoms with Gasteiger partial charge in [-0.1, -0.05) is 62.5 Å². The highest BCUT2D eigenvalue weighted by Gasteiger charge is 1.97. The molecule has 2 rings (SSSR count). The van der Waals surface area contributed by atoms with E-state index in [1.165, 1.54) is 0 Å². The molecule has 0 radical (unpaired) electrons. The molecule has 0 amide bonds. The van der Waals surface area contributed by atoms with Crippen molar-refractivity contribution in [2.45, 2.75) is 33.1 Å². The van der Waals surface area contributed by atoms with E-state index in [2.05, 4.69) is 48.6 Å². The van der Waals surface area contributed by atoms with Crippen LogP contribution < -0.4 is 0 Å². The normalized spacial score (nSPS) is 14.4.